The molecular weight excluding hydrogens is 334 g/mol. The molecule has 0 radical (unpaired) electrons. The molecule has 1 aromatic heterocycles. The maximum absolute atomic E-state index is 11.9. The van der Waals surface area contributed by atoms with Crippen LogP contribution in [0.4, 0.5) is 5.69 Å². The molecule has 2 rings (SSSR count). The van der Waals surface area contributed by atoms with Crippen molar-refractivity contribution in [3.05, 3.63) is 53.0 Å². The van der Waals surface area contributed by atoms with Crippen molar-refractivity contribution in [2.75, 3.05) is 19.5 Å². The van der Waals surface area contributed by atoms with E-state index in [2.05, 4.69) is 19.9 Å². The highest BCUT2D eigenvalue weighted by atomic mass is 35.5. The third-order valence-corrected chi connectivity index (χ3v) is 3.29. The molecule has 126 valence electrons. The third kappa shape index (κ3) is 4.14. The number of aromatic nitrogens is 2. The summed E-state index contributed by atoms with van der Waals surface area (Å²) in [7, 11) is 2.43. The molecule has 7 nitrogen and oxygen atoms in total. The number of esters is 2. The second kappa shape index (κ2) is 7.65. The zero-order valence-electron chi connectivity index (χ0n) is 13.4. The van der Waals surface area contributed by atoms with Gasteiger partial charge in [-0.3, -0.25) is 0 Å². The molecule has 2 aromatic rings. The van der Waals surface area contributed by atoms with Crippen molar-refractivity contribution in [3.63, 3.8) is 0 Å². The lowest BCUT2D eigenvalue weighted by atomic mass is 10.2. The van der Waals surface area contributed by atoms with Gasteiger partial charge in [0.15, 0.2) is 0 Å². The number of aryl methyl sites for hydroxylation is 1. The van der Waals surface area contributed by atoms with Gasteiger partial charge in [-0.1, -0.05) is 11.6 Å². The minimum Gasteiger partial charge on any atom is -0.466 e. The lowest BCUT2D eigenvalue weighted by Crippen LogP contribution is -2.16. The van der Waals surface area contributed by atoms with E-state index in [1.165, 1.54) is 14.2 Å². The summed E-state index contributed by atoms with van der Waals surface area (Å²) in [5.74, 6) is -1.41. The summed E-state index contributed by atoms with van der Waals surface area (Å²) in [6.45, 7) is 1.91. The molecular formula is C16H16ClN3O4. The van der Waals surface area contributed by atoms with E-state index in [4.69, 9.17) is 11.6 Å². The molecule has 0 bridgehead atoms. The molecule has 0 aliphatic carbocycles. The Labute approximate surface area is 143 Å². The lowest BCUT2D eigenvalue weighted by molar-refractivity contribution is -0.138. The van der Waals surface area contributed by atoms with Gasteiger partial charge < -0.3 is 14.8 Å². The van der Waals surface area contributed by atoms with Crippen LogP contribution in [0.2, 0.25) is 5.02 Å². The van der Waals surface area contributed by atoms with Gasteiger partial charge >= 0.3 is 11.9 Å². The zero-order valence-corrected chi connectivity index (χ0v) is 14.1. The molecule has 1 aromatic carbocycles. The second-order valence-corrected chi connectivity index (χ2v) is 5.26. The summed E-state index contributed by atoms with van der Waals surface area (Å²) in [5.41, 5.74) is 2.00. The number of carbonyl (C=O) groups excluding carboxylic acids is 2. The second-order valence-electron chi connectivity index (χ2n) is 4.82. The van der Waals surface area contributed by atoms with Gasteiger partial charge in [-0.05, 0) is 30.7 Å². The van der Waals surface area contributed by atoms with Crippen LogP contribution in [0.1, 0.15) is 5.56 Å². The number of carbonyl (C=O) groups is 2. The van der Waals surface area contributed by atoms with E-state index in [0.717, 1.165) is 11.6 Å². The van der Waals surface area contributed by atoms with Crippen LogP contribution in [-0.2, 0) is 19.1 Å². The summed E-state index contributed by atoms with van der Waals surface area (Å²) < 4.78 is 10.9. The summed E-state index contributed by atoms with van der Waals surface area (Å²) >= 11 is 6.04. The van der Waals surface area contributed by atoms with Crippen LogP contribution < -0.4 is 5.32 Å². The maximum Gasteiger partial charge on any atom is 0.354 e. The maximum atomic E-state index is 11.9. The standard InChI is InChI=1S/C16H16ClN3O4/c1-10-8-18-20(9-10)14-5-4-11(17)6-12(14)19-13(16(22)24-3)7-15(21)23-2/h4-9,19H,1-3H3/b13-7+. The first-order chi connectivity index (χ1) is 11.4. The minimum atomic E-state index is -0.719. The van der Waals surface area contributed by atoms with Crippen molar-refractivity contribution < 1.29 is 19.1 Å². The van der Waals surface area contributed by atoms with Crippen LogP contribution in [0.15, 0.2) is 42.4 Å². The highest BCUT2D eigenvalue weighted by molar-refractivity contribution is 6.31. The van der Waals surface area contributed by atoms with Crippen molar-refractivity contribution in [2.24, 2.45) is 0 Å². The topological polar surface area (TPSA) is 82.5 Å². The first kappa shape index (κ1) is 17.6. The van der Waals surface area contributed by atoms with Crippen LogP contribution >= 0.6 is 11.6 Å². The Bertz CT molecular complexity index is 798. The number of ether oxygens (including phenoxy) is 2. The molecule has 0 saturated carbocycles. The Balaban J connectivity index is 2.46. The fraction of sp³-hybridized carbons (Fsp3) is 0.188. The first-order valence-electron chi connectivity index (χ1n) is 6.90. The van der Waals surface area contributed by atoms with Crippen LogP contribution in [0.25, 0.3) is 5.69 Å². The van der Waals surface area contributed by atoms with E-state index >= 15 is 0 Å². The van der Waals surface area contributed by atoms with Crippen molar-refractivity contribution in [2.45, 2.75) is 6.92 Å². The van der Waals surface area contributed by atoms with Crippen molar-refractivity contribution in [1.29, 1.82) is 0 Å². The number of anilines is 1. The summed E-state index contributed by atoms with van der Waals surface area (Å²) in [6.07, 6.45) is 4.52. The highest BCUT2D eigenvalue weighted by Crippen LogP contribution is 2.26. The number of rotatable bonds is 5. The molecule has 0 amide bonds. The molecule has 0 aliphatic rings. The Morgan fingerprint density at radius 3 is 2.62 bits per heavy atom. The van der Waals surface area contributed by atoms with Crippen LogP contribution in [0.3, 0.4) is 0 Å². The average molecular weight is 350 g/mol. The molecule has 0 aliphatic heterocycles. The molecule has 24 heavy (non-hydrogen) atoms. The smallest absolute Gasteiger partial charge is 0.354 e. The van der Waals surface area contributed by atoms with E-state index in [1.807, 2.05) is 13.1 Å². The number of methoxy groups -OCH3 is 2. The van der Waals surface area contributed by atoms with Gasteiger partial charge in [0, 0.05) is 11.2 Å². The molecule has 0 saturated heterocycles. The van der Waals surface area contributed by atoms with Gasteiger partial charge in [-0.15, -0.1) is 0 Å². The Hall–Kier alpha value is -2.80. The predicted octanol–water partition coefficient (Wildman–Crippen LogP) is 2.48. The fourth-order valence-corrected chi connectivity index (χ4v) is 2.10. The molecule has 0 unspecified atom stereocenters. The van der Waals surface area contributed by atoms with E-state index < -0.39 is 11.9 Å². The normalized spacial score (nSPS) is 11.1. The van der Waals surface area contributed by atoms with Crippen LogP contribution in [-0.4, -0.2) is 35.9 Å². The summed E-state index contributed by atoms with van der Waals surface area (Å²) in [5, 5.41) is 7.54. The Kier molecular flexibility index (Phi) is 5.59. The van der Waals surface area contributed by atoms with E-state index in [1.54, 1.807) is 29.1 Å². The molecule has 1 N–H and O–H groups in total. The SMILES string of the molecule is COC(=O)/C=C(/Nc1cc(Cl)ccc1-n1cc(C)cn1)C(=O)OC. The van der Waals surface area contributed by atoms with Crippen molar-refractivity contribution in [3.8, 4) is 5.69 Å². The number of nitrogens with one attached hydrogen (secondary N) is 1. The Morgan fingerprint density at radius 1 is 1.29 bits per heavy atom. The average Bonchev–Trinajstić information content (AvgIpc) is 2.99. The van der Waals surface area contributed by atoms with Crippen LogP contribution in [0.5, 0.6) is 0 Å². The van der Waals surface area contributed by atoms with E-state index in [9.17, 15) is 9.59 Å². The van der Waals surface area contributed by atoms with Crippen LogP contribution in [0, 0.1) is 6.92 Å². The van der Waals surface area contributed by atoms with E-state index in [-0.39, 0.29) is 5.70 Å². The molecule has 1 heterocycles. The van der Waals surface area contributed by atoms with Gasteiger partial charge in [0.05, 0.1) is 37.9 Å². The monoisotopic (exact) mass is 349 g/mol. The largest absolute Gasteiger partial charge is 0.466 e. The number of hydrogen-bond acceptors (Lipinski definition) is 6. The fourth-order valence-electron chi connectivity index (χ4n) is 1.93. The highest BCUT2D eigenvalue weighted by Gasteiger charge is 2.16. The van der Waals surface area contributed by atoms with Gasteiger partial charge in [0.2, 0.25) is 0 Å². The number of halogens is 1. The van der Waals surface area contributed by atoms with Gasteiger partial charge in [0.25, 0.3) is 0 Å². The molecule has 0 spiro atoms. The molecule has 8 heteroatoms. The predicted molar refractivity (Wildman–Crippen MR) is 89.0 cm³/mol. The van der Waals surface area contributed by atoms with Crippen molar-refractivity contribution in [1.82, 2.24) is 9.78 Å². The third-order valence-electron chi connectivity index (χ3n) is 3.06. The minimum absolute atomic E-state index is 0.0863. The summed E-state index contributed by atoms with van der Waals surface area (Å²) in [6, 6.07) is 5.05. The van der Waals surface area contributed by atoms with E-state index in [0.29, 0.717) is 16.4 Å². The quantitative estimate of drug-likeness (QED) is 0.659. The first-order valence-corrected chi connectivity index (χ1v) is 7.28. The van der Waals surface area contributed by atoms with Gasteiger partial charge in [0.1, 0.15) is 5.70 Å². The molecule has 0 fully saturated rings. The Morgan fingerprint density at radius 2 is 2.04 bits per heavy atom. The van der Waals surface area contributed by atoms with Gasteiger partial charge in [-0.25, -0.2) is 14.3 Å². The van der Waals surface area contributed by atoms with Crippen molar-refractivity contribution >= 4 is 29.2 Å². The number of nitrogens with zero attached hydrogens (tertiary/aromatic N) is 2. The summed E-state index contributed by atoms with van der Waals surface area (Å²) in [4.78, 5) is 23.4. The van der Waals surface area contributed by atoms with Gasteiger partial charge in [-0.2, -0.15) is 5.10 Å². The molecule has 0 atom stereocenters. The lowest BCUT2D eigenvalue weighted by Gasteiger charge is -2.14. The number of hydrogen-bond donors (Lipinski definition) is 1. The zero-order chi connectivity index (χ0) is 17.7. The number of benzene rings is 1.